The highest BCUT2D eigenvalue weighted by atomic mass is 127. The lowest BCUT2D eigenvalue weighted by Crippen LogP contribution is -2.41. The second-order valence-corrected chi connectivity index (χ2v) is 7.05. The summed E-state index contributed by atoms with van der Waals surface area (Å²) in [7, 11) is 0. The first-order valence-electron chi connectivity index (χ1n) is 8.01. The molecule has 2 N–H and O–H groups in total. The van der Waals surface area contributed by atoms with Gasteiger partial charge >= 0.3 is 0 Å². The molecule has 0 spiro atoms. The Kier molecular flexibility index (Phi) is 8.29. The third-order valence-electron chi connectivity index (χ3n) is 4.16. The van der Waals surface area contributed by atoms with Crippen molar-refractivity contribution in [2.45, 2.75) is 36.9 Å². The van der Waals surface area contributed by atoms with Crippen molar-refractivity contribution in [2.24, 2.45) is 0 Å². The molecule has 2 heterocycles. The lowest BCUT2D eigenvalue weighted by molar-refractivity contribution is -0.0218. The van der Waals surface area contributed by atoms with Gasteiger partial charge in [0.2, 0.25) is 0 Å². The highest BCUT2D eigenvalue weighted by Crippen LogP contribution is 2.34. The van der Waals surface area contributed by atoms with Gasteiger partial charge in [0, 0.05) is 70.0 Å². The Balaban J connectivity index is 0.000000189. The maximum atomic E-state index is 9.93. The number of rotatable bonds is 1. The van der Waals surface area contributed by atoms with Crippen molar-refractivity contribution in [2.75, 3.05) is 0 Å². The summed E-state index contributed by atoms with van der Waals surface area (Å²) in [5.41, 5.74) is 0.514. The molecule has 0 radical (unpaired) electrons. The number of nitrogens with zero attached hydrogens (tertiary/aromatic N) is 2. The van der Waals surface area contributed by atoms with Gasteiger partial charge in [0.05, 0.1) is 0 Å². The third kappa shape index (κ3) is 6.51. The molecule has 2 aromatic rings. The van der Waals surface area contributed by atoms with Crippen LogP contribution in [0.3, 0.4) is 0 Å². The number of aliphatic hydroxyl groups is 2. The SMILES string of the molecule is OC1(C#CI)CCC(O)(C#CI)CC1.c1cc(-c2ccncc2)ccn1. The zero-order valence-electron chi connectivity index (χ0n) is 14.0. The number of hydrogen-bond donors (Lipinski definition) is 2. The van der Waals surface area contributed by atoms with Crippen molar-refractivity contribution < 1.29 is 10.2 Å². The zero-order chi connectivity index (χ0) is 18.9. The van der Waals surface area contributed by atoms with Crippen LogP contribution in [0.5, 0.6) is 0 Å². The van der Waals surface area contributed by atoms with Crippen LogP contribution in [0.1, 0.15) is 25.7 Å². The molecule has 0 amide bonds. The number of hydrogen-bond acceptors (Lipinski definition) is 4. The van der Waals surface area contributed by atoms with Crippen LogP contribution in [-0.2, 0) is 0 Å². The predicted molar refractivity (Wildman–Crippen MR) is 119 cm³/mol. The molecule has 0 aliphatic heterocycles. The molecule has 1 aliphatic rings. The van der Waals surface area contributed by atoms with Gasteiger partial charge in [-0.15, -0.1) is 0 Å². The fraction of sp³-hybridized carbons (Fsp3) is 0.300. The second kappa shape index (κ2) is 10.2. The van der Waals surface area contributed by atoms with Gasteiger partial charge in [0.15, 0.2) is 0 Å². The average molecular weight is 572 g/mol. The van der Waals surface area contributed by atoms with Gasteiger partial charge in [-0.25, -0.2) is 0 Å². The van der Waals surface area contributed by atoms with E-state index in [-0.39, 0.29) is 0 Å². The Labute approximate surface area is 181 Å². The van der Waals surface area contributed by atoms with Crippen LogP contribution in [0, 0.1) is 19.7 Å². The standard InChI is InChI=1S/C10H10I2O2.C10H8N2/c11-7-5-9(13)1-2-10(14,4-3-9)6-8-12;1-5-11-6-2-9(1)10-3-7-12-8-4-10/h13-14H,1-4H2;1-8H. The van der Waals surface area contributed by atoms with E-state index < -0.39 is 11.2 Å². The summed E-state index contributed by atoms with van der Waals surface area (Å²) in [6.07, 6.45) is 9.11. The van der Waals surface area contributed by atoms with Gasteiger partial charge in [0.25, 0.3) is 0 Å². The number of aromatic nitrogens is 2. The Morgan fingerprint density at radius 2 is 1.00 bits per heavy atom. The van der Waals surface area contributed by atoms with Crippen molar-refractivity contribution in [3.8, 4) is 30.8 Å². The smallest absolute Gasteiger partial charge is 0.126 e. The second-order valence-electron chi connectivity index (χ2n) is 5.97. The molecular weight excluding hydrogens is 554 g/mol. The lowest BCUT2D eigenvalue weighted by Gasteiger charge is -2.35. The van der Waals surface area contributed by atoms with Crippen molar-refractivity contribution in [1.82, 2.24) is 9.97 Å². The van der Waals surface area contributed by atoms with Gasteiger partial charge in [-0.05, 0) is 68.9 Å². The van der Waals surface area contributed by atoms with Crippen molar-refractivity contribution in [1.29, 1.82) is 0 Å². The summed E-state index contributed by atoms with van der Waals surface area (Å²) in [6, 6.07) is 7.93. The van der Waals surface area contributed by atoms with Gasteiger partial charge in [-0.1, -0.05) is 11.8 Å². The molecule has 1 aliphatic carbocycles. The number of halogens is 2. The molecular formula is C20H18I2N2O2. The zero-order valence-corrected chi connectivity index (χ0v) is 18.3. The fourth-order valence-corrected chi connectivity index (χ4v) is 3.60. The first kappa shape index (κ1) is 21.1. The van der Waals surface area contributed by atoms with Crippen LogP contribution >= 0.6 is 45.2 Å². The predicted octanol–water partition coefficient (Wildman–Crippen LogP) is 3.96. The minimum absolute atomic E-state index is 0.491. The molecule has 0 unspecified atom stereocenters. The highest BCUT2D eigenvalue weighted by Gasteiger charge is 2.38. The van der Waals surface area contributed by atoms with Crippen LogP contribution in [0.15, 0.2) is 49.1 Å². The van der Waals surface area contributed by atoms with E-state index in [1.54, 1.807) is 24.8 Å². The largest absolute Gasteiger partial charge is 0.378 e. The van der Waals surface area contributed by atoms with Crippen LogP contribution in [0.25, 0.3) is 11.1 Å². The highest BCUT2D eigenvalue weighted by molar-refractivity contribution is 14.1. The van der Waals surface area contributed by atoms with Crippen LogP contribution in [0.4, 0.5) is 0 Å². The quantitative estimate of drug-likeness (QED) is 0.402. The molecule has 134 valence electrons. The van der Waals surface area contributed by atoms with E-state index in [4.69, 9.17) is 0 Å². The maximum Gasteiger partial charge on any atom is 0.126 e. The Hall–Kier alpha value is -1.20. The lowest BCUT2D eigenvalue weighted by atomic mass is 9.77. The van der Waals surface area contributed by atoms with Crippen molar-refractivity contribution in [3.05, 3.63) is 49.1 Å². The maximum absolute atomic E-state index is 9.93. The topological polar surface area (TPSA) is 66.2 Å². The first-order valence-corrected chi connectivity index (χ1v) is 10.2. The average Bonchev–Trinajstić information content (AvgIpc) is 2.67. The Morgan fingerprint density at radius 1 is 0.692 bits per heavy atom. The molecule has 0 aromatic carbocycles. The molecule has 4 nitrogen and oxygen atoms in total. The number of pyridine rings is 2. The van der Waals surface area contributed by atoms with Gasteiger partial charge in [-0.2, -0.15) is 0 Å². The summed E-state index contributed by atoms with van der Waals surface area (Å²) in [4.78, 5) is 7.91. The Bertz CT molecular complexity index is 741. The van der Waals surface area contributed by atoms with E-state index in [2.05, 4.69) is 29.7 Å². The minimum atomic E-state index is -0.916. The fourth-order valence-electron chi connectivity index (χ4n) is 2.59. The van der Waals surface area contributed by atoms with Gasteiger partial charge < -0.3 is 10.2 Å². The Morgan fingerprint density at radius 3 is 1.27 bits per heavy atom. The molecule has 1 saturated carbocycles. The molecule has 0 bridgehead atoms. The van der Waals surface area contributed by atoms with E-state index in [1.165, 1.54) is 11.1 Å². The van der Waals surface area contributed by atoms with E-state index in [0.29, 0.717) is 25.7 Å². The summed E-state index contributed by atoms with van der Waals surface area (Å²) < 4.78 is 5.38. The summed E-state index contributed by atoms with van der Waals surface area (Å²) in [5.74, 6) is 5.54. The monoisotopic (exact) mass is 572 g/mol. The van der Waals surface area contributed by atoms with Crippen LogP contribution in [-0.4, -0.2) is 31.4 Å². The molecule has 0 saturated heterocycles. The van der Waals surface area contributed by atoms with Gasteiger partial charge in [0.1, 0.15) is 11.2 Å². The van der Waals surface area contributed by atoms with Gasteiger partial charge in [-0.3, -0.25) is 9.97 Å². The summed E-state index contributed by atoms with van der Waals surface area (Å²) in [5, 5.41) is 19.9. The molecule has 0 atom stereocenters. The molecule has 26 heavy (non-hydrogen) atoms. The van der Waals surface area contributed by atoms with Crippen molar-refractivity contribution in [3.63, 3.8) is 0 Å². The van der Waals surface area contributed by atoms with Crippen LogP contribution in [0.2, 0.25) is 0 Å². The molecule has 3 rings (SSSR count). The molecule has 2 aromatic heterocycles. The normalized spacial score (nSPS) is 24.0. The third-order valence-corrected chi connectivity index (χ3v) is 4.70. The van der Waals surface area contributed by atoms with E-state index in [9.17, 15) is 10.2 Å². The first-order chi connectivity index (χ1) is 12.5. The van der Waals surface area contributed by atoms with Crippen LogP contribution < -0.4 is 0 Å². The van der Waals surface area contributed by atoms with E-state index >= 15 is 0 Å². The summed E-state index contributed by atoms with van der Waals surface area (Å²) >= 11 is 3.82. The van der Waals surface area contributed by atoms with E-state index in [0.717, 1.165) is 0 Å². The minimum Gasteiger partial charge on any atom is -0.378 e. The molecule has 6 heteroatoms. The van der Waals surface area contributed by atoms with E-state index in [1.807, 2.05) is 69.4 Å². The molecule has 1 fully saturated rings. The summed E-state index contributed by atoms with van der Waals surface area (Å²) in [6.45, 7) is 0. The van der Waals surface area contributed by atoms with Crippen molar-refractivity contribution >= 4 is 45.2 Å².